The highest BCUT2D eigenvalue weighted by Gasteiger charge is 2.33. The molecular formula is C27H30FN7O3. The number of piperazine rings is 1. The molecule has 4 heterocycles. The van der Waals surface area contributed by atoms with Gasteiger partial charge in [0.2, 0.25) is 0 Å². The second-order valence-electron chi connectivity index (χ2n) is 9.76. The Kier molecular flexibility index (Phi) is 6.77. The summed E-state index contributed by atoms with van der Waals surface area (Å²) < 4.78 is 26.5. The van der Waals surface area contributed by atoms with Gasteiger partial charge in [-0.15, -0.1) is 5.10 Å². The smallest absolute Gasteiger partial charge is 0.253 e. The van der Waals surface area contributed by atoms with Crippen LogP contribution in [0.15, 0.2) is 53.3 Å². The summed E-state index contributed by atoms with van der Waals surface area (Å²) in [4.78, 5) is 21.0. The summed E-state index contributed by atoms with van der Waals surface area (Å²) in [5.74, 6) is 1.07. The number of nitrogens with one attached hydrogen (secondary N) is 1. The van der Waals surface area contributed by atoms with E-state index >= 15 is 0 Å². The second-order valence-corrected chi connectivity index (χ2v) is 9.76. The lowest BCUT2D eigenvalue weighted by Crippen LogP contribution is -2.49. The molecule has 0 aliphatic carbocycles. The molecule has 4 aromatic rings. The fourth-order valence-corrected chi connectivity index (χ4v) is 5.44. The number of ether oxygens (including phenoxy) is 2. The van der Waals surface area contributed by atoms with E-state index in [0.717, 1.165) is 49.1 Å². The van der Waals surface area contributed by atoms with Gasteiger partial charge < -0.3 is 19.4 Å². The fourth-order valence-electron chi connectivity index (χ4n) is 5.44. The number of nitrogens with zero attached hydrogens (tertiary/aromatic N) is 6. The first kappa shape index (κ1) is 24.5. The van der Waals surface area contributed by atoms with Crippen LogP contribution in [0.3, 0.4) is 0 Å². The maximum atomic E-state index is 13.5. The van der Waals surface area contributed by atoms with Gasteiger partial charge in [0.05, 0.1) is 19.8 Å². The summed E-state index contributed by atoms with van der Waals surface area (Å²) in [5.41, 5.74) is 2.10. The maximum absolute atomic E-state index is 13.5. The summed E-state index contributed by atoms with van der Waals surface area (Å²) in [7, 11) is 1.62. The van der Waals surface area contributed by atoms with Crippen LogP contribution < -0.4 is 15.2 Å². The van der Waals surface area contributed by atoms with E-state index in [2.05, 4.69) is 30.3 Å². The first-order valence-corrected chi connectivity index (χ1v) is 12.9. The molecule has 2 aliphatic rings. The number of H-pyrrole nitrogens is 1. The second kappa shape index (κ2) is 10.5. The van der Waals surface area contributed by atoms with Crippen molar-refractivity contribution in [2.45, 2.75) is 31.5 Å². The third kappa shape index (κ3) is 4.86. The number of aromatic amines is 1. The molecule has 2 aromatic heterocycles. The van der Waals surface area contributed by atoms with Crippen molar-refractivity contribution < 1.29 is 13.9 Å². The standard InChI is InChI=1S/C27H30FN7O3/c1-37-21-8-9-24-18(15-21)16-23(27(36)29-24)25(26-30-31-32-35(26)17-22-3-2-14-38-22)34-12-10-33(11-13-34)20-6-4-19(28)5-7-20/h4-9,15-16,22,25H,2-3,10-14,17H2,1H3,(H,29,36)/t22-,25-/m1/s1. The van der Waals surface area contributed by atoms with E-state index in [-0.39, 0.29) is 17.5 Å². The minimum atomic E-state index is -0.457. The van der Waals surface area contributed by atoms with Crippen molar-refractivity contribution in [3.05, 3.63) is 76.1 Å². The van der Waals surface area contributed by atoms with Crippen molar-refractivity contribution in [1.82, 2.24) is 30.1 Å². The molecule has 2 aliphatic heterocycles. The van der Waals surface area contributed by atoms with Gasteiger partial charge in [-0.3, -0.25) is 9.69 Å². The first-order chi connectivity index (χ1) is 18.6. The van der Waals surface area contributed by atoms with Crippen LogP contribution in [-0.2, 0) is 11.3 Å². The molecule has 2 fully saturated rings. The lowest BCUT2D eigenvalue weighted by molar-refractivity contribution is 0.0906. The van der Waals surface area contributed by atoms with Crippen molar-refractivity contribution in [3.63, 3.8) is 0 Å². The number of rotatable bonds is 7. The highest BCUT2D eigenvalue weighted by molar-refractivity contribution is 5.80. The number of benzene rings is 2. The average Bonchev–Trinajstić information content (AvgIpc) is 3.63. The lowest BCUT2D eigenvalue weighted by atomic mass is 10.0. The van der Waals surface area contributed by atoms with Crippen LogP contribution in [0.5, 0.6) is 5.75 Å². The number of tetrazole rings is 1. The Balaban J connectivity index is 1.36. The Hall–Kier alpha value is -3.83. The van der Waals surface area contributed by atoms with Gasteiger partial charge in [0.15, 0.2) is 5.82 Å². The zero-order valence-electron chi connectivity index (χ0n) is 21.2. The predicted molar refractivity (Wildman–Crippen MR) is 140 cm³/mol. The third-order valence-electron chi connectivity index (χ3n) is 7.45. The van der Waals surface area contributed by atoms with Gasteiger partial charge >= 0.3 is 0 Å². The minimum absolute atomic E-state index is 0.0485. The molecule has 1 N–H and O–H groups in total. The van der Waals surface area contributed by atoms with E-state index in [0.29, 0.717) is 36.8 Å². The van der Waals surface area contributed by atoms with Crippen LogP contribution in [0.2, 0.25) is 0 Å². The van der Waals surface area contributed by atoms with Gasteiger partial charge in [0, 0.05) is 54.9 Å². The highest BCUT2D eigenvalue weighted by atomic mass is 19.1. The zero-order chi connectivity index (χ0) is 26.1. The normalized spacial score (nSPS) is 19.2. The Morgan fingerprint density at radius 1 is 1.13 bits per heavy atom. The predicted octanol–water partition coefficient (Wildman–Crippen LogP) is 2.75. The zero-order valence-corrected chi connectivity index (χ0v) is 21.2. The summed E-state index contributed by atoms with van der Waals surface area (Å²) in [6.07, 6.45) is 2.02. The molecular weight excluding hydrogens is 489 g/mol. The van der Waals surface area contributed by atoms with E-state index in [4.69, 9.17) is 9.47 Å². The number of methoxy groups -OCH3 is 1. The Bertz CT molecular complexity index is 1460. The number of hydrogen-bond donors (Lipinski definition) is 1. The Morgan fingerprint density at radius 2 is 1.95 bits per heavy atom. The summed E-state index contributed by atoms with van der Waals surface area (Å²) in [6, 6.07) is 13.6. The van der Waals surface area contributed by atoms with Gasteiger partial charge in [-0.25, -0.2) is 9.07 Å². The maximum Gasteiger partial charge on any atom is 0.253 e. The highest BCUT2D eigenvalue weighted by Crippen LogP contribution is 2.30. The van der Waals surface area contributed by atoms with Gasteiger partial charge in [0.1, 0.15) is 17.6 Å². The van der Waals surface area contributed by atoms with Crippen LogP contribution in [0, 0.1) is 5.82 Å². The van der Waals surface area contributed by atoms with E-state index in [1.54, 1.807) is 23.9 Å². The molecule has 2 saturated heterocycles. The Morgan fingerprint density at radius 3 is 2.68 bits per heavy atom. The van der Waals surface area contributed by atoms with Crippen molar-refractivity contribution in [2.75, 3.05) is 44.8 Å². The molecule has 38 heavy (non-hydrogen) atoms. The van der Waals surface area contributed by atoms with Crippen LogP contribution in [-0.4, -0.2) is 76.1 Å². The average molecular weight is 520 g/mol. The SMILES string of the molecule is COc1ccc2[nH]c(=O)c([C@H](c3nnnn3C[C@H]3CCCO3)N3CCN(c4ccc(F)cc4)CC3)cc2c1. The monoisotopic (exact) mass is 519 g/mol. The van der Waals surface area contributed by atoms with Gasteiger partial charge in [-0.1, -0.05) is 0 Å². The van der Waals surface area contributed by atoms with Gasteiger partial charge in [-0.05, 0) is 71.8 Å². The topological polar surface area (TPSA) is 101 Å². The van der Waals surface area contributed by atoms with Crippen LogP contribution >= 0.6 is 0 Å². The van der Waals surface area contributed by atoms with Crippen molar-refractivity contribution in [2.24, 2.45) is 0 Å². The van der Waals surface area contributed by atoms with Crippen molar-refractivity contribution in [1.29, 1.82) is 0 Å². The number of halogens is 1. The van der Waals surface area contributed by atoms with E-state index < -0.39 is 6.04 Å². The molecule has 11 heteroatoms. The molecule has 2 aromatic carbocycles. The number of fused-ring (bicyclic) bond motifs is 1. The third-order valence-corrected chi connectivity index (χ3v) is 7.45. The van der Waals surface area contributed by atoms with E-state index in [1.807, 2.05) is 24.3 Å². The summed E-state index contributed by atoms with van der Waals surface area (Å²) >= 11 is 0. The molecule has 6 rings (SSSR count). The minimum Gasteiger partial charge on any atom is -0.497 e. The van der Waals surface area contributed by atoms with Crippen LogP contribution in [0.4, 0.5) is 10.1 Å². The van der Waals surface area contributed by atoms with Crippen molar-refractivity contribution in [3.8, 4) is 5.75 Å². The number of aromatic nitrogens is 5. The van der Waals surface area contributed by atoms with Gasteiger partial charge in [-0.2, -0.15) is 0 Å². The number of anilines is 1. The molecule has 0 bridgehead atoms. The molecule has 0 amide bonds. The number of pyridine rings is 1. The van der Waals surface area contributed by atoms with Gasteiger partial charge in [0.25, 0.3) is 5.56 Å². The lowest BCUT2D eigenvalue weighted by Gasteiger charge is -2.39. The summed E-state index contributed by atoms with van der Waals surface area (Å²) in [5, 5.41) is 13.6. The van der Waals surface area contributed by atoms with Crippen molar-refractivity contribution >= 4 is 16.6 Å². The van der Waals surface area contributed by atoms with Crippen LogP contribution in [0.1, 0.15) is 30.3 Å². The summed E-state index contributed by atoms with van der Waals surface area (Å²) in [6.45, 7) is 4.05. The van der Waals surface area contributed by atoms with E-state index in [9.17, 15) is 9.18 Å². The van der Waals surface area contributed by atoms with Crippen LogP contribution in [0.25, 0.3) is 10.9 Å². The fraction of sp³-hybridized carbons (Fsp3) is 0.407. The first-order valence-electron chi connectivity index (χ1n) is 12.9. The molecule has 198 valence electrons. The Labute approximate surface area is 219 Å². The molecule has 10 nitrogen and oxygen atoms in total. The molecule has 0 unspecified atom stereocenters. The number of hydrogen-bond acceptors (Lipinski definition) is 8. The quantitative estimate of drug-likeness (QED) is 0.398. The molecule has 0 saturated carbocycles. The largest absolute Gasteiger partial charge is 0.497 e. The molecule has 0 spiro atoms. The van der Waals surface area contributed by atoms with E-state index in [1.165, 1.54) is 12.1 Å². The molecule has 0 radical (unpaired) electrons. The molecule has 2 atom stereocenters.